The molecule has 0 saturated heterocycles. The topological polar surface area (TPSA) is 95.2 Å². The lowest BCUT2D eigenvalue weighted by molar-refractivity contribution is 1.03. The summed E-state index contributed by atoms with van der Waals surface area (Å²) in [6.07, 6.45) is 1.83. The van der Waals surface area contributed by atoms with Crippen LogP contribution in [0.5, 0.6) is 0 Å². The van der Waals surface area contributed by atoms with Gasteiger partial charge < -0.3 is 10.3 Å². The Morgan fingerprint density at radius 1 is 1.00 bits per heavy atom. The van der Waals surface area contributed by atoms with E-state index < -0.39 is 0 Å². The van der Waals surface area contributed by atoms with Gasteiger partial charge in [0.25, 0.3) is 0 Å². The number of H-pyrrole nitrogens is 2. The Hall–Kier alpha value is -3.19. The molecule has 3 aromatic heterocycles. The number of anilines is 2. The van der Waals surface area contributed by atoms with E-state index in [1.165, 1.54) is 0 Å². The molecule has 3 heterocycles. The Kier molecular flexibility index (Phi) is 4.14. The van der Waals surface area contributed by atoms with Crippen LogP contribution in [0.15, 0.2) is 42.6 Å². The number of rotatable bonds is 4. The minimum Gasteiger partial charge on any atom is -0.359 e. The molecule has 0 spiro atoms. The molecule has 0 amide bonds. The van der Waals surface area contributed by atoms with Gasteiger partial charge in [-0.25, -0.2) is 4.98 Å². The maximum atomic E-state index is 6.14. The monoisotopic (exact) mass is 365 g/mol. The summed E-state index contributed by atoms with van der Waals surface area (Å²) in [6, 6.07) is 11.4. The van der Waals surface area contributed by atoms with E-state index in [4.69, 9.17) is 11.6 Å². The maximum absolute atomic E-state index is 6.14. The molecule has 0 unspecified atom stereocenters. The number of hydrogen-bond acceptors (Lipinski definition) is 5. The van der Waals surface area contributed by atoms with Crippen LogP contribution in [-0.2, 0) is 0 Å². The zero-order valence-corrected chi connectivity index (χ0v) is 15.0. The molecule has 8 heteroatoms. The fourth-order valence-electron chi connectivity index (χ4n) is 2.53. The summed E-state index contributed by atoms with van der Waals surface area (Å²) in [4.78, 5) is 16.8. The van der Waals surface area contributed by atoms with Gasteiger partial charge in [-0.2, -0.15) is 15.1 Å². The van der Waals surface area contributed by atoms with Crippen molar-refractivity contribution in [2.24, 2.45) is 0 Å². The van der Waals surface area contributed by atoms with E-state index in [9.17, 15) is 0 Å². The van der Waals surface area contributed by atoms with Crippen LogP contribution >= 0.6 is 11.6 Å². The number of nitrogens with zero attached hydrogens (tertiary/aromatic N) is 4. The van der Waals surface area contributed by atoms with Crippen molar-refractivity contribution in [1.29, 1.82) is 0 Å². The standard InChI is InChI=1S/C18H16ClN7/c1-10-8-12(5-6-13(10)19)16-22-17(14-4-3-7-20-14)24-18(23-16)21-15-9-11(2)25-26-15/h3-9,20H,1-2H3,(H2,21,22,23,24,25,26). The molecule has 130 valence electrons. The van der Waals surface area contributed by atoms with Crippen LogP contribution in [0.4, 0.5) is 11.8 Å². The summed E-state index contributed by atoms with van der Waals surface area (Å²) >= 11 is 6.14. The van der Waals surface area contributed by atoms with E-state index >= 15 is 0 Å². The average Bonchev–Trinajstić information content (AvgIpc) is 3.29. The molecule has 0 fully saturated rings. The summed E-state index contributed by atoms with van der Waals surface area (Å²) in [5, 5.41) is 10.9. The Balaban J connectivity index is 1.80. The van der Waals surface area contributed by atoms with E-state index in [1.54, 1.807) is 0 Å². The van der Waals surface area contributed by atoms with Crippen molar-refractivity contribution in [3.05, 3.63) is 58.9 Å². The normalized spacial score (nSPS) is 10.9. The van der Waals surface area contributed by atoms with Gasteiger partial charge in [-0.1, -0.05) is 11.6 Å². The van der Waals surface area contributed by atoms with E-state index in [0.717, 1.165) is 22.5 Å². The molecule has 0 aliphatic heterocycles. The molecule has 4 aromatic rings. The Morgan fingerprint density at radius 2 is 1.85 bits per heavy atom. The third-order valence-electron chi connectivity index (χ3n) is 3.84. The number of aromatic nitrogens is 6. The van der Waals surface area contributed by atoms with Gasteiger partial charge in [-0.3, -0.25) is 5.10 Å². The Morgan fingerprint density at radius 3 is 2.54 bits per heavy atom. The quantitative estimate of drug-likeness (QED) is 0.502. The summed E-state index contributed by atoms with van der Waals surface area (Å²) < 4.78 is 0. The molecule has 0 atom stereocenters. The van der Waals surface area contributed by atoms with Gasteiger partial charge in [0.15, 0.2) is 17.5 Å². The van der Waals surface area contributed by atoms with Crippen molar-refractivity contribution >= 4 is 23.4 Å². The maximum Gasteiger partial charge on any atom is 0.232 e. The third kappa shape index (κ3) is 3.29. The van der Waals surface area contributed by atoms with Crippen molar-refractivity contribution < 1.29 is 0 Å². The molecule has 0 aliphatic carbocycles. The number of benzene rings is 1. The number of halogens is 1. The molecule has 0 aliphatic rings. The molecule has 3 N–H and O–H groups in total. The van der Waals surface area contributed by atoms with Crippen LogP contribution in [0.1, 0.15) is 11.3 Å². The second-order valence-corrected chi connectivity index (χ2v) is 6.32. The molecule has 0 radical (unpaired) electrons. The first kappa shape index (κ1) is 16.3. The smallest absolute Gasteiger partial charge is 0.232 e. The largest absolute Gasteiger partial charge is 0.359 e. The lowest BCUT2D eigenvalue weighted by atomic mass is 10.1. The van der Waals surface area contributed by atoms with E-state index in [2.05, 4.69) is 35.5 Å². The number of nitrogens with one attached hydrogen (secondary N) is 3. The minimum absolute atomic E-state index is 0.415. The second-order valence-electron chi connectivity index (χ2n) is 5.92. The first-order valence-electron chi connectivity index (χ1n) is 8.04. The molecule has 4 rings (SSSR count). The summed E-state index contributed by atoms with van der Waals surface area (Å²) in [5.41, 5.74) is 3.58. The molecule has 0 saturated carbocycles. The molecule has 1 aromatic carbocycles. The first-order valence-corrected chi connectivity index (χ1v) is 8.42. The second kappa shape index (κ2) is 6.61. The molecular formula is C18H16ClN7. The van der Waals surface area contributed by atoms with Crippen LogP contribution in [0.25, 0.3) is 22.9 Å². The van der Waals surface area contributed by atoms with Crippen molar-refractivity contribution in [3.63, 3.8) is 0 Å². The zero-order chi connectivity index (χ0) is 18.1. The molecule has 7 nitrogen and oxygen atoms in total. The Bertz CT molecular complexity index is 1050. The Labute approximate surface area is 154 Å². The van der Waals surface area contributed by atoms with Crippen LogP contribution in [-0.4, -0.2) is 30.1 Å². The highest BCUT2D eigenvalue weighted by Crippen LogP contribution is 2.25. The van der Waals surface area contributed by atoms with Gasteiger partial charge >= 0.3 is 0 Å². The van der Waals surface area contributed by atoms with E-state index in [-0.39, 0.29) is 0 Å². The lowest BCUT2D eigenvalue weighted by Gasteiger charge is -2.08. The SMILES string of the molecule is Cc1cc(Nc2nc(-c3ccc(Cl)c(C)c3)nc(-c3ccc[nH]3)n2)n[nH]1. The van der Waals surface area contributed by atoms with Crippen LogP contribution < -0.4 is 5.32 Å². The number of aryl methyl sites for hydroxylation is 2. The zero-order valence-electron chi connectivity index (χ0n) is 14.2. The predicted molar refractivity (Wildman–Crippen MR) is 101 cm³/mol. The molecular weight excluding hydrogens is 350 g/mol. The minimum atomic E-state index is 0.415. The van der Waals surface area contributed by atoms with Gasteiger partial charge in [-0.15, -0.1) is 0 Å². The molecule has 26 heavy (non-hydrogen) atoms. The molecule has 0 bridgehead atoms. The van der Waals surface area contributed by atoms with Crippen LogP contribution in [0.3, 0.4) is 0 Å². The van der Waals surface area contributed by atoms with Crippen molar-refractivity contribution in [2.75, 3.05) is 5.32 Å². The fourth-order valence-corrected chi connectivity index (χ4v) is 2.65. The van der Waals surface area contributed by atoms with Gasteiger partial charge in [-0.05, 0) is 49.7 Å². The van der Waals surface area contributed by atoms with E-state index in [0.29, 0.717) is 28.4 Å². The fraction of sp³-hybridized carbons (Fsp3) is 0.111. The van der Waals surface area contributed by atoms with Crippen LogP contribution in [0.2, 0.25) is 5.02 Å². The van der Waals surface area contributed by atoms with Gasteiger partial charge in [0.05, 0.1) is 5.69 Å². The van der Waals surface area contributed by atoms with Crippen molar-refractivity contribution in [3.8, 4) is 22.9 Å². The summed E-state index contributed by atoms with van der Waals surface area (Å²) in [6.45, 7) is 3.88. The van der Waals surface area contributed by atoms with Gasteiger partial charge in [0.1, 0.15) is 0 Å². The lowest BCUT2D eigenvalue weighted by Crippen LogP contribution is -2.03. The van der Waals surface area contributed by atoms with Gasteiger partial charge in [0.2, 0.25) is 5.95 Å². The summed E-state index contributed by atoms with van der Waals surface area (Å²) in [5.74, 6) is 2.16. The van der Waals surface area contributed by atoms with Crippen molar-refractivity contribution in [1.82, 2.24) is 30.1 Å². The van der Waals surface area contributed by atoms with Gasteiger partial charge in [0, 0.05) is 28.5 Å². The highest BCUT2D eigenvalue weighted by molar-refractivity contribution is 6.31. The first-order chi connectivity index (χ1) is 12.6. The van der Waals surface area contributed by atoms with Crippen LogP contribution in [0, 0.1) is 13.8 Å². The number of hydrogen-bond donors (Lipinski definition) is 3. The average molecular weight is 366 g/mol. The highest BCUT2D eigenvalue weighted by Gasteiger charge is 2.12. The van der Waals surface area contributed by atoms with E-state index in [1.807, 2.05) is 56.4 Å². The summed E-state index contributed by atoms with van der Waals surface area (Å²) in [7, 11) is 0. The van der Waals surface area contributed by atoms with Crippen molar-refractivity contribution in [2.45, 2.75) is 13.8 Å². The highest BCUT2D eigenvalue weighted by atomic mass is 35.5. The predicted octanol–water partition coefficient (Wildman–Crippen LogP) is 4.27. The number of aromatic amines is 2. The third-order valence-corrected chi connectivity index (χ3v) is 4.26.